The van der Waals surface area contributed by atoms with Gasteiger partial charge in [-0.05, 0) is 19.1 Å². The first kappa shape index (κ1) is 22.9. The molecule has 0 aliphatic carbocycles. The zero-order valence-corrected chi connectivity index (χ0v) is 17.8. The van der Waals surface area contributed by atoms with Crippen LogP contribution in [0.5, 0.6) is 11.5 Å². The summed E-state index contributed by atoms with van der Waals surface area (Å²) in [6, 6.07) is 10.1. The minimum absolute atomic E-state index is 0.0802. The number of carbonyl (C=O) groups is 1. The fraction of sp³-hybridized carbons (Fsp3) is 0.316. The normalized spacial score (nSPS) is 12.0. The molecule has 0 radical (unpaired) electrons. The lowest BCUT2D eigenvalue weighted by Gasteiger charge is -2.25. The topological polar surface area (TPSA) is 128 Å². The van der Waals surface area contributed by atoms with E-state index in [1.165, 1.54) is 26.4 Å². The average Bonchev–Trinajstić information content (AvgIpc) is 2.70. The maximum Gasteiger partial charge on any atom is 0.271 e. The highest BCUT2D eigenvalue weighted by Crippen LogP contribution is 2.33. The van der Waals surface area contributed by atoms with Crippen LogP contribution < -0.4 is 19.1 Å². The highest BCUT2D eigenvalue weighted by atomic mass is 32.2. The lowest BCUT2D eigenvalue weighted by atomic mass is 10.1. The lowest BCUT2D eigenvalue weighted by Crippen LogP contribution is -2.41. The molecule has 2 rings (SSSR count). The monoisotopic (exact) mass is 437 g/mol. The molecule has 0 bridgehead atoms. The van der Waals surface area contributed by atoms with Crippen LogP contribution in [0.1, 0.15) is 18.5 Å². The number of nitrogens with one attached hydrogen (secondary N) is 1. The van der Waals surface area contributed by atoms with Gasteiger partial charge in [0.1, 0.15) is 23.7 Å². The molecule has 0 fully saturated rings. The second-order valence-electron chi connectivity index (χ2n) is 6.41. The predicted octanol–water partition coefficient (Wildman–Crippen LogP) is 2.26. The third-order valence-electron chi connectivity index (χ3n) is 4.31. The Morgan fingerprint density at radius 2 is 1.80 bits per heavy atom. The number of nitrogens with zero attached hydrogens (tertiary/aromatic N) is 2. The minimum atomic E-state index is -3.96. The van der Waals surface area contributed by atoms with Crippen molar-refractivity contribution >= 4 is 27.3 Å². The second kappa shape index (κ2) is 9.44. The van der Waals surface area contributed by atoms with Crippen molar-refractivity contribution in [3.05, 3.63) is 58.1 Å². The number of nitro benzene ring substituents is 1. The van der Waals surface area contributed by atoms with E-state index in [9.17, 15) is 23.3 Å². The van der Waals surface area contributed by atoms with Crippen LogP contribution in [-0.4, -0.2) is 46.3 Å². The maximum absolute atomic E-state index is 12.6. The van der Waals surface area contributed by atoms with Crippen LogP contribution in [0.15, 0.2) is 42.5 Å². The van der Waals surface area contributed by atoms with Gasteiger partial charge in [0.25, 0.3) is 5.69 Å². The predicted molar refractivity (Wildman–Crippen MR) is 111 cm³/mol. The molecule has 1 amide bonds. The molecule has 2 aromatic rings. The first-order valence-corrected chi connectivity index (χ1v) is 10.7. The summed E-state index contributed by atoms with van der Waals surface area (Å²) in [6.45, 7) is 1.14. The molecule has 162 valence electrons. The van der Waals surface area contributed by atoms with Crippen molar-refractivity contribution in [2.45, 2.75) is 13.0 Å². The van der Waals surface area contributed by atoms with Crippen LogP contribution in [0.2, 0.25) is 0 Å². The molecule has 30 heavy (non-hydrogen) atoms. The van der Waals surface area contributed by atoms with Gasteiger partial charge in [0.2, 0.25) is 15.9 Å². The molecule has 1 atom stereocenters. The molecule has 1 N–H and O–H groups in total. The SMILES string of the molecule is COc1ccccc1C(C)NC(=O)CN(c1cc([N+](=O)[O-])ccc1OC)S(C)(=O)=O. The van der Waals surface area contributed by atoms with Crippen LogP contribution >= 0.6 is 0 Å². The van der Waals surface area contributed by atoms with Crippen LogP contribution in [-0.2, 0) is 14.8 Å². The van der Waals surface area contributed by atoms with E-state index < -0.39 is 33.4 Å². The van der Waals surface area contributed by atoms with Gasteiger partial charge in [0, 0.05) is 17.7 Å². The smallest absolute Gasteiger partial charge is 0.271 e. The molecular formula is C19H23N3O7S. The zero-order valence-electron chi connectivity index (χ0n) is 17.0. The van der Waals surface area contributed by atoms with Gasteiger partial charge in [0.15, 0.2) is 0 Å². The zero-order chi connectivity index (χ0) is 22.5. The summed E-state index contributed by atoms with van der Waals surface area (Å²) in [5.41, 5.74) is 0.281. The van der Waals surface area contributed by atoms with E-state index in [1.807, 2.05) is 0 Å². The lowest BCUT2D eigenvalue weighted by molar-refractivity contribution is -0.384. The number of anilines is 1. The number of hydrogen-bond acceptors (Lipinski definition) is 7. The Bertz CT molecular complexity index is 1040. The Balaban J connectivity index is 2.33. The van der Waals surface area contributed by atoms with Gasteiger partial charge in [-0.1, -0.05) is 18.2 Å². The van der Waals surface area contributed by atoms with Gasteiger partial charge in [-0.25, -0.2) is 8.42 Å². The van der Waals surface area contributed by atoms with Crippen molar-refractivity contribution in [2.24, 2.45) is 0 Å². The van der Waals surface area contributed by atoms with E-state index in [1.54, 1.807) is 31.2 Å². The number of carbonyl (C=O) groups excluding carboxylic acids is 1. The van der Waals surface area contributed by atoms with Crippen molar-refractivity contribution in [1.29, 1.82) is 0 Å². The number of benzene rings is 2. The Morgan fingerprint density at radius 1 is 1.17 bits per heavy atom. The number of non-ortho nitro benzene ring substituents is 1. The first-order valence-electron chi connectivity index (χ1n) is 8.81. The Kier molecular flexibility index (Phi) is 7.22. The number of para-hydroxylation sites is 1. The Labute approximate surface area is 174 Å². The summed E-state index contributed by atoms with van der Waals surface area (Å²) in [7, 11) is -1.15. The van der Waals surface area contributed by atoms with E-state index in [4.69, 9.17) is 9.47 Å². The van der Waals surface area contributed by atoms with E-state index >= 15 is 0 Å². The fourth-order valence-electron chi connectivity index (χ4n) is 2.89. The third kappa shape index (κ3) is 5.38. The van der Waals surface area contributed by atoms with Gasteiger partial charge in [-0.15, -0.1) is 0 Å². The van der Waals surface area contributed by atoms with Crippen molar-refractivity contribution in [1.82, 2.24) is 5.32 Å². The number of methoxy groups -OCH3 is 2. The summed E-state index contributed by atoms with van der Waals surface area (Å²) in [4.78, 5) is 23.1. The van der Waals surface area contributed by atoms with E-state index in [2.05, 4.69) is 5.32 Å². The van der Waals surface area contributed by atoms with E-state index in [0.717, 1.165) is 16.6 Å². The highest BCUT2D eigenvalue weighted by Gasteiger charge is 2.27. The molecule has 1 unspecified atom stereocenters. The number of hydrogen-bond donors (Lipinski definition) is 1. The van der Waals surface area contributed by atoms with Gasteiger partial charge >= 0.3 is 0 Å². The van der Waals surface area contributed by atoms with Crippen molar-refractivity contribution in [3.63, 3.8) is 0 Å². The third-order valence-corrected chi connectivity index (χ3v) is 5.44. The quantitative estimate of drug-likeness (QED) is 0.471. The summed E-state index contributed by atoms with van der Waals surface area (Å²) >= 11 is 0. The van der Waals surface area contributed by atoms with Gasteiger partial charge in [0.05, 0.1) is 31.4 Å². The average molecular weight is 437 g/mol. The molecule has 0 saturated heterocycles. The Morgan fingerprint density at radius 3 is 2.37 bits per heavy atom. The minimum Gasteiger partial charge on any atom is -0.496 e. The fourth-order valence-corrected chi connectivity index (χ4v) is 3.74. The van der Waals surface area contributed by atoms with Crippen molar-refractivity contribution in [3.8, 4) is 11.5 Å². The van der Waals surface area contributed by atoms with Gasteiger partial charge in [-0.2, -0.15) is 0 Å². The first-order chi connectivity index (χ1) is 14.1. The van der Waals surface area contributed by atoms with E-state index in [0.29, 0.717) is 11.3 Å². The molecule has 0 heterocycles. The molecule has 0 spiro atoms. The molecule has 0 saturated carbocycles. The molecule has 0 aliphatic rings. The standard InChI is InChI=1S/C19H23N3O7S/c1-13(15-7-5-6-8-17(15)28-2)20-19(23)12-21(30(4,26)27)16-11-14(22(24)25)9-10-18(16)29-3/h5-11,13H,12H2,1-4H3,(H,20,23). The number of amides is 1. The van der Waals surface area contributed by atoms with Crippen molar-refractivity contribution in [2.75, 3.05) is 31.3 Å². The summed E-state index contributed by atoms with van der Waals surface area (Å²) in [5, 5.41) is 13.8. The van der Waals surface area contributed by atoms with Crippen LogP contribution in [0.4, 0.5) is 11.4 Å². The summed E-state index contributed by atoms with van der Waals surface area (Å²) in [5.74, 6) is 0.0506. The van der Waals surface area contributed by atoms with E-state index in [-0.39, 0.29) is 17.1 Å². The Hall–Kier alpha value is -3.34. The van der Waals surface area contributed by atoms with Crippen LogP contribution in [0, 0.1) is 10.1 Å². The highest BCUT2D eigenvalue weighted by molar-refractivity contribution is 7.92. The molecule has 0 aliphatic heterocycles. The van der Waals surface area contributed by atoms with Gasteiger partial charge < -0.3 is 14.8 Å². The molecule has 2 aromatic carbocycles. The second-order valence-corrected chi connectivity index (χ2v) is 8.32. The molecule has 0 aromatic heterocycles. The van der Waals surface area contributed by atoms with Gasteiger partial charge in [-0.3, -0.25) is 19.2 Å². The van der Waals surface area contributed by atoms with Crippen LogP contribution in [0.3, 0.4) is 0 Å². The molecular weight excluding hydrogens is 414 g/mol. The van der Waals surface area contributed by atoms with Crippen LogP contribution in [0.25, 0.3) is 0 Å². The number of ether oxygens (including phenoxy) is 2. The maximum atomic E-state index is 12.6. The largest absolute Gasteiger partial charge is 0.496 e. The van der Waals surface area contributed by atoms with Crippen molar-refractivity contribution < 1.29 is 27.6 Å². The number of rotatable bonds is 9. The number of sulfonamides is 1. The number of nitro groups is 1. The summed E-state index contributed by atoms with van der Waals surface area (Å²) in [6.07, 6.45) is 0.905. The molecule has 10 nitrogen and oxygen atoms in total. The molecule has 11 heteroatoms. The summed E-state index contributed by atoms with van der Waals surface area (Å²) < 4.78 is 35.9.